The molecule has 0 radical (unpaired) electrons. The number of pyridine rings is 1. The molecule has 10 nitrogen and oxygen atoms in total. The number of nitrogens with two attached hydrogens (primary N) is 1. The Morgan fingerprint density at radius 3 is 2.58 bits per heavy atom. The average Bonchev–Trinajstić information content (AvgIpc) is 3.54. The van der Waals surface area contributed by atoms with Crippen molar-refractivity contribution in [3.63, 3.8) is 0 Å². The van der Waals surface area contributed by atoms with Crippen LogP contribution in [0.25, 0.3) is 21.9 Å². The van der Waals surface area contributed by atoms with Crippen LogP contribution >= 0.6 is 0 Å². The van der Waals surface area contributed by atoms with E-state index < -0.39 is 12.1 Å². The van der Waals surface area contributed by atoms with E-state index in [0.29, 0.717) is 35.5 Å². The number of urea groups is 1. The molecule has 0 aliphatic carbocycles. The number of carbonyl (C=O) groups is 3. The number of primary amides is 1. The Kier molecular flexibility index (Phi) is 9.39. The van der Waals surface area contributed by atoms with Crippen LogP contribution in [-0.2, 0) is 11.3 Å². The van der Waals surface area contributed by atoms with Gasteiger partial charge in [-0.25, -0.2) is 9.18 Å². The van der Waals surface area contributed by atoms with E-state index in [1.165, 1.54) is 18.3 Å². The van der Waals surface area contributed by atoms with Gasteiger partial charge in [0.15, 0.2) is 0 Å². The number of rotatable bonds is 4. The van der Waals surface area contributed by atoms with E-state index in [-0.39, 0.29) is 56.5 Å². The van der Waals surface area contributed by atoms with E-state index in [9.17, 15) is 18.8 Å². The number of ether oxygens (including phenoxy) is 1. The molecule has 4 amide bonds. The lowest BCUT2D eigenvalue weighted by Crippen LogP contribution is -2.48. The third-order valence-corrected chi connectivity index (χ3v) is 9.30. The molecule has 11 heteroatoms. The molecule has 3 heterocycles. The Labute approximate surface area is 289 Å². The number of benzene rings is 4. The fourth-order valence-electron chi connectivity index (χ4n) is 6.89. The Morgan fingerprint density at radius 2 is 1.74 bits per heavy atom. The maximum Gasteiger partial charge on any atom is 0.319 e. The second-order valence-corrected chi connectivity index (χ2v) is 12.7. The van der Waals surface area contributed by atoms with Crippen molar-refractivity contribution in [3.8, 4) is 16.9 Å². The van der Waals surface area contributed by atoms with Gasteiger partial charge in [-0.05, 0) is 70.8 Å². The van der Waals surface area contributed by atoms with E-state index in [1.54, 1.807) is 34.2 Å². The highest BCUT2D eigenvalue weighted by molar-refractivity contribution is 5.96. The molecular weight excluding hydrogens is 635 g/mol. The van der Waals surface area contributed by atoms with Crippen LogP contribution in [0.4, 0.5) is 14.9 Å². The third kappa shape index (κ3) is 7.28. The summed E-state index contributed by atoms with van der Waals surface area (Å²) < 4.78 is 20.5. The molecule has 1 aromatic heterocycles. The Balaban J connectivity index is 1.22. The first-order valence-corrected chi connectivity index (χ1v) is 16.6. The largest absolute Gasteiger partial charge is 0.491 e. The van der Waals surface area contributed by atoms with Crippen molar-refractivity contribution in [1.29, 1.82) is 0 Å². The number of nitrogens with one attached hydrogen (secondary N) is 1. The molecule has 7 rings (SSSR count). The topological polar surface area (TPSA) is 121 Å². The van der Waals surface area contributed by atoms with Gasteiger partial charge in [0.1, 0.15) is 18.2 Å². The van der Waals surface area contributed by atoms with Crippen LogP contribution in [-0.4, -0.2) is 77.5 Å². The van der Waals surface area contributed by atoms with E-state index in [4.69, 9.17) is 10.5 Å². The van der Waals surface area contributed by atoms with Gasteiger partial charge in [-0.3, -0.25) is 24.4 Å². The Bertz CT molecular complexity index is 2060. The zero-order valence-electron chi connectivity index (χ0n) is 27.4. The molecule has 0 spiro atoms. The number of anilines is 1. The summed E-state index contributed by atoms with van der Waals surface area (Å²) in [6.07, 6.45) is 3.64. The van der Waals surface area contributed by atoms with Crippen molar-refractivity contribution >= 4 is 34.3 Å². The standard InChI is InChI=1S/C39H37FN6O4/c40-32-9-3-5-26(15-32)22-44-14-13-43-38(48)31-16-30(20-42-21-31)29-8-4-10-36(18-29)50-25-35-19-34(23-45(35)37(47)24-44)46(39(41)49)33-12-11-27-6-1-2-7-28(27)17-33/h1-12,15-18,20-21,34-35H,13-14,19,22-25H2,(H2,41,49)(H,43,48)/t34-,35+/m1/s1. The average molecular weight is 673 g/mol. The quantitative estimate of drug-likeness (QED) is 0.270. The molecule has 254 valence electrons. The summed E-state index contributed by atoms with van der Waals surface area (Å²) in [6.45, 7) is 1.27. The van der Waals surface area contributed by atoms with Crippen LogP contribution in [0, 0.1) is 5.82 Å². The van der Waals surface area contributed by atoms with E-state index in [0.717, 1.165) is 21.9 Å². The number of carbonyl (C=O) groups excluding carboxylic acids is 3. The van der Waals surface area contributed by atoms with Crippen molar-refractivity contribution in [3.05, 3.63) is 126 Å². The molecule has 1 fully saturated rings. The summed E-state index contributed by atoms with van der Waals surface area (Å²) in [4.78, 5) is 50.0. The first-order chi connectivity index (χ1) is 24.3. The van der Waals surface area contributed by atoms with Crippen molar-refractivity contribution < 1.29 is 23.5 Å². The number of fused-ring (bicyclic) bond motifs is 7. The summed E-state index contributed by atoms with van der Waals surface area (Å²) in [5, 5.41) is 4.95. The Hall–Kier alpha value is -5.81. The molecule has 50 heavy (non-hydrogen) atoms. The maximum atomic E-state index is 14.2. The van der Waals surface area contributed by atoms with Gasteiger partial charge in [-0.1, -0.05) is 54.6 Å². The van der Waals surface area contributed by atoms with Gasteiger partial charge in [0.2, 0.25) is 5.91 Å². The fourth-order valence-corrected chi connectivity index (χ4v) is 6.89. The zero-order valence-corrected chi connectivity index (χ0v) is 27.4. The fraction of sp³-hybridized carbons (Fsp3) is 0.231. The van der Waals surface area contributed by atoms with Crippen LogP contribution in [0.3, 0.4) is 0 Å². The van der Waals surface area contributed by atoms with E-state index in [1.807, 2.05) is 71.6 Å². The van der Waals surface area contributed by atoms with Gasteiger partial charge in [-0.15, -0.1) is 0 Å². The van der Waals surface area contributed by atoms with Gasteiger partial charge >= 0.3 is 6.03 Å². The lowest BCUT2D eigenvalue weighted by molar-refractivity contribution is -0.134. The number of hydrogen-bond donors (Lipinski definition) is 2. The first-order valence-electron chi connectivity index (χ1n) is 16.6. The normalized spacial score (nSPS) is 18.5. The lowest BCUT2D eigenvalue weighted by atomic mass is 10.1. The molecular formula is C39H37FN6O4. The van der Waals surface area contributed by atoms with Gasteiger partial charge < -0.3 is 20.7 Å². The van der Waals surface area contributed by atoms with Crippen molar-refractivity contribution in [2.75, 3.05) is 37.7 Å². The molecule has 4 bridgehead atoms. The smallest absolute Gasteiger partial charge is 0.319 e. The molecule has 2 aliphatic heterocycles. The van der Waals surface area contributed by atoms with Crippen LogP contribution in [0.15, 0.2) is 109 Å². The molecule has 5 aromatic rings. The molecule has 2 aliphatic rings. The minimum Gasteiger partial charge on any atom is -0.491 e. The summed E-state index contributed by atoms with van der Waals surface area (Å²) in [6, 6.07) is 27.8. The lowest BCUT2D eigenvalue weighted by Gasteiger charge is -2.29. The predicted molar refractivity (Wildman–Crippen MR) is 189 cm³/mol. The summed E-state index contributed by atoms with van der Waals surface area (Å²) in [7, 11) is 0. The van der Waals surface area contributed by atoms with Gasteiger partial charge in [0, 0.05) is 49.8 Å². The number of hydrogen-bond acceptors (Lipinski definition) is 6. The number of aromatic nitrogens is 1. The second-order valence-electron chi connectivity index (χ2n) is 12.7. The molecule has 0 saturated carbocycles. The number of amides is 4. The van der Waals surface area contributed by atoms with Gasteiger partial charge in [0.05, 0.1) is 24.2 Å². The summed E-state index contributed by atoms with van der Waals surface area (Å²) in [5.74, 6) is -0.258. The van der Waals surface area contributed by atoms with Crippen LogP contribution in [0.1, 0.15) is 22.3 Å². The van der Waals surface area contributed by atoms with E-state index in [2.05, 4.69) is 10.3 Å². The summed E-state index contributed by atoms with van der Waals surface area (Å²) >= 11 is 0. The number of halogens is 1. The monoisotopic (exact) mass is 672 g/mol. The van der Waals surface area contributed by atoms with Crippen molar-refractivity contribution in [1.82, 2.24) is 20.1 Å². The van der Waals surface area contributed by atoms with E-state index >= 15 is 0 Å². The Morgan fingerprint density at radius 1 is 0.920 bits per heavy atom. The summed E-state index contributed by atoms with van der Waals surface area (Å²) in [5.41, 5.74) is 9.35. The molecule has 1 saturated heterocycles. The highest BCUT2D eigenvalue weighted by atomic mass is 19.1. The highest BCUT2D eigenvalue weighted by Crippen LogP contribution is 2.31. The zero-order chi connectivity index (χ0) is 34.6. The minimum absolute atomic E-state index is 0.00528. The number of nitrogens with zero attached hydrogens (tertiary/aromatic N) is 4. The van der Waals surface area contributed by atoms with Crippen molar-refractivity contribution in [2.45, 2.75) is 25.0 Å². The molecule has 3 N–H and O–H groups in total. The predicted octanol–water partition coefficient (Wildman–Crippen LogP) is 5.22. The van der Waals surface area contributed by atoms with Gasteiger partial charge in [-0.2, -0.15) is 0 Å². The second kappa shape index (κ2) is 14.4. The highest BCUT2D eigenvalue weighted by Gasteiger charge is 2.40. The third-order valence-electron chi connectivity index (χ3n) is 9.30. The molecule has 2 atom stereocenters. The molecule has 4 aromatic carbocycles. The van der Waals surface area contributed by atoms with Crippen LogP contribution in [0.2, 0.25) is 0 Å². The van der Waals surface area contributed by atoms with Crippen molar-refractivity contribution in [2.24, 2.45) is 5.73 Å². The minimum atomic E-state index is -0.610. The molecule has 0 unspecified atom stereocenters. The van der Waals surface area contributed by atoms with Gasteiger partial charge in [0.25, 0.3) is 5.91 Å². The first kappa shape index (κ1) is 32.7. The van der Waals surface area contributed by atoms with Crippen LogP contribution < -0.4 is 20.7 Å². The van der Waals surface area contributed by atoms with Crippen LogP contribution in [0.5, 0.6) is 5.75 Å². The maximum absolute atomic E-state index is 14.2. The SMILES string of the molecule is NC(=O)N(c1ccc2ccccc2c1)[C@@H]1C[C@H]2COc3cccc(c3)-c3cncc(c3)C(=O)NCCN(Cc3cccc(F)c3)CC(=O)N2C1.